The SMILES string of the molecule is CC.NCCNC(=O)Oc1ccc(CSc2ccccc2)cc1.[HH].[HH]. The molecule has 0 heterocycles. The summed E-state index contributed by atoms with van der Waals surface area (Å²) in [6.45, 7) is 4.80. The average Bonchev–Trinajstić information content (AvgIpc) is 2.62. The lowest BCUT2D eigenvalue weighted by Crippen LogP contribution is -2.31. The molecule has 0 saturated carbocycles. The highest BCUT2D eigenvalue weighted by atomic mass is 32.2. The third-order valence-corrected chi connectivity index (χ3v) is 3.78. The molecule has 0 fully saturated rings. The van der Waals surface area contributed by atoms with Crippen molar-refractivity contribution in [2.24, 2.45) is 5.73 Å². The summed E-state index contributed by atoms with van der Waals surface area (Å²) < 4.78 is 5.12. The van der Waals surface area contributed by atoms with Crippen LogP contribution in [-0.2, 0) is 5.75 Å². The number of nitrogens with two attached hydrogens (primary N) is 1. The number of hydrogen-bond donors (Lipinski definition) is 2. The van der Waals surface area contributed by atoms with Gasteiger partial charge in [-0.2, -0.15) is 0 Å². The minimum absolute atomic E-state index is 0. The zero-order valence-electron chi connectivity index (χ0n) is 13.6. The van der Waals surface area contributed by atoms with E-state index in [2.05, 4.69) is 17.4 Å². The molecule has 2 rings (SSSR count). The van der Waals surface area contributed by atoms with Crippen LogP contribution in [0.15, 0.2) is 59.5 Å². The minimum Gasteiger partial charge on any atom is -0.410 e. The third kappa shape index (κ3) is 7.72. The first-order valence-electron chi connectivity index (χ1n) is 7.70. The maximum atomic E-state index is 11.4. The number of thioether (sulfide) groups is 1. The average molecular weight is 337 g/mol. The second-order valence-electron chi connectivity index (χ2n) is 4.35. The van der Waals surface area contributed by atoms with Crippen LogP contribution in [0, 0.1) is 0 Å². The largest absolute Gasteiger partial charge is 0.412 e. The first-order chi connectivity index (χ1) is 11.3. The van der Waals surface area contributed by atoms with E-state index in [1.165, 1.54) is 10.5 Å². The fourth-order valence-corrected chi connectivity index (χ4v) is 2.53. The molecule has 5 heteroatoms. The topological polar surface area (TPSA) is 64.3 Å². The predicted octanol–water partition coefficient (Wildman–Crippen LogP) is 4.54. The number of carbonyl (C=O) groups excluding carboxylic acids is 1. The molecule has 0 spiro atoms. The van der Waals surface area contributed by atoms with Gasteiger partial charge in [-0.3, -0.25) is 0 Å². The molecular weight excluding hydrogens is 308 g/mol. The lowest BCUT2D eigenvalue weighted by atomic mass is 10.2. The fourth-order valence-electron chi connectivity index (χ4n) is 1.65. The van der Waals surface area contributed by atoms with Crippen LogP contribution >= 0.6 is 11.8 Å². The van der Waals surface area contributed by atoms with Crippen LogP contribution in [0.25, 0.3) is 0 Å². The summed E-state index contributed by atoms with van der Waals surface area (Å²) in [5, 5.41) is 2.55. The van der Waals surface area contributed by atoms with Crippen LogP contribution in [0.4, 0.5) is 4.79 Å². The van der Waals surface area contributed by atoms with Gasteiger partial charge in [-0.25, -0.2) is 4.79 Å². The quantitative estimate of drug-likeness (QED) is 0.760. The van der Waals surface area contributed by atoms with Gasteiger partial charge in [0.15, 0.2) is 0 Å². The maximum absolute atomic E-state index is 11.4. The molecule has 0 unspecified atom stereocenters. The second-order valence-corrected chi connectivity index (χ2v) is 5.40. The van der Waals surface area contributed by atoms with Gasteiger partial charge in [0.2, 0.25) is 0 Å². The van der Waals surface area contributed by atoms with Gasteiger partial charge in [0, 0.05) is 26.6 Å². The zero-order chi connectivity index (χ0) is 16.9. The Balaban J connectivity index is 0. The number of amides is 1. The molecule has 0 atom stereocenters. The molecule has 0 radical (unpaired) electrons. The van der Waals surface area contributed by atoms with Gasteiger partial charge < -0.3 is 15.8 Å². The van der Waals surface area contributed by atoms with E-state index in [-0.39, 0.29) is 2.85 Å². The van der Waals surface area contributed by atoms with Gasteiger partial charge in [-0.05, 0) is 29.8 Å². The van der Waals surface area contributed by atoms with Gasteiger partial charge in [0.1, 0.15) is 5.75 Å². The van der Waals surface area contributed by atoms with E-state index < -0.39 is 6.09 Å². The highest BCUT2D eigenvalue weighted by Crippen LogP contribution is 2.23. The molecule has 0 saturated heterocycles. The molecule has 3 N–H and O–H groups in total. The lowest BCUT2D eigenvalue weighted by Gasteiger charge is -2.06. The molecule has 0 bridgehead atoms. The summed E-state index contributed by atoms with van der Waals surface area (Å²) in [6, 6.07) is 17.7. The third-order valence-electron chi connectivity index (χ3n) is 2.70. The molecule has 0 aromatic heterocycles. The second kappa shape index (κ2) is 11.6. The van der Waals surface area contributed by atoms with E-state index in [9.17, 15) is 4.79 Å². The highest BCUT2D eigenvalue weighted by Gasteiger charge is 2.03. The highest BCUT2D eigenvalue weighted by molar-refractivity contribution is 7.98. The van der Waals surface area contributed by atoms with Crippen LogP contribution < -0.4 is 15.8 Å². The Morgan fingerprint density at radius 1 is 1.13 bits per heavy atom. The molecule has 2 aromatic carbocycles. The van der Waals surface area contributed by atoms with Crippen molar-refractivity contribution in [1.29, 1.82) is 0 Å². The molecule has 4 nitrogen and oxygen atoms in total. The van der Waals surface area contributed by atoms with E-state index in [1.54, 1.807) is 23.9 Å². The Bertz CT molecular complexity index is 569. The molecule has 2 aromatic rings. The van der Waals surface area contributed by atoms with Crippen LogP contribution in [0.5, 0.6) is 5.75 Å². The summed E-state index contributed by atoms with van der Waals surface area (Å²) in [5.41, 5.74) is 6.48. The van der Waals surface area contributed by atoms with Gasteiger partial charge in [-0.1, -0.05) is 44.2 Å². The Morgan fingerprint density at radius 3 is 2.39 bits per heavy atom. The lowest BCUT2D eigenvalue weighted by molar-refractivity contribution is 0.201. The number of carbonyl (C=O) groups is 1. The van der Waals surface area contributed by atoms with Gasteiger partial charge in [-0.15, -0.1) is 11.8 Å². The Hall–Kier alpha value is -1.98. The minimum atomic E-state index is -0.480. The van der Waals surface area contributed by atoms with E-state index in [0.717, 1.165) is 5.75 Å². The molecule has 0 aliphatic heterocycles. The van der Waals surface area contributed by atoms with Crippen molar-refractivity contribution in [3.63, 3.8) is 0 Å². The van der Waals surface area contributed by atoms with Crippen molar-refractivity contribution in [3.8, 4) is 5.75 Å². The maximum Gasteiger partial charge on any atom is 0.412 e. The molecular formula is C18H28N2O2S. The van der Waals surface area contributed by atoms with Crippen molar-refractivity contribution in [2.45, 2.75) is 24.5 Å². The Labute approximate surface area is 145 Å². The van der Waals surface area contributed by atoms with E-state index in [4.69, 9.17) is 10.5 Å². The van der Waals surface area contributed by atoms with Crippen molar-refractivity contribution < 1.29 is 12.4 Å². The monoisotopic (exact) mass is 336 g/mol. The van der Waals surface area contributed by atoms with E-state index in [1.807, 2.05) is 44.2 Å². The Morgan fingerprint density at radius 2 is 1.78 bits per heavy atom. The van der Waals surface area contributed by atoms with Gasteiger partial charge in [0.05, 0.1) is 0 Å². The van der Waals surface area contributed by atoms with E-state index >= 15 is 0 Å². The molecule has 1 amide bonds. The van der Waals surface area contributed by atoms with Crippen molar-refractivity contribution in [2.75, 3.05) is 13.1 Å². The first kappa shape index (κ1) is 19.1. The van der Waals surface area contributed by atoms with Crippen molar-refractivity contribution in [1.82, 2.24) is 5.32 Å². The van der Waals surface area contributed by atoms with Gasteiger partial charge in [0.25, 0.3) is 0 Å². The number of rotatable bonds is 6. The van der Waals surface area contributed by atoms with Gasteiger partial charge >= 0.3 is 6.09 Å². The summed E-state index contributed by atoms with van der Waals surface area (Å²) >= 11 is 1.77. The predicted molar refractivity (Wildman–Crippen MR) is 101 cm³/mol. The smallest absolute Gasteiger partial charge is 0.410 e. The first-order valence-corrected chi connectivity index (χ1v) is 8.69. The van der Waals surface area contributed by atoms with Crippen LogP contribution in [-0.4, -0.2) is 19.2 Å². The molecule has 128 valence electrons. The van der Waals surface area contributed by atoms with Crippen LogP contribution in [0.2, 0.25) is 0 Å². The van der Waals surface area contributed by atoms with Crippen molar-refractivity contribution >= 4 is 17.9 Å². The Kier molecular flexibility index (Phi) is 9.59. The number of ether oxygens (including phenoxy) is 1. The van der Waals surface area contributed by atoms with Crippen LogP contribution in [0.3, 0.4) is 0 Å². The molecule has 0 aliphatic rings. The summed E-state index contributed by atoms with van der Waals surface area (Å²) in [5.74, 6) is 1.40. The number of hydrogen-bond acceptors (Lipinski definition) is 4. The normalized spacial score (nSPS) is 9.52. The molecule has 0 aliphatic carbocycles. The fraction of sp³-hybridized carbons (Fsp3) is 0.278. The standard InChI is InChI=1S/C16H18N2O2S.C2H6.2H2/c17-10-11-18-16(19)20-14-8-6-13(7-9-14)12-21-15-4-2-1-3-5-15;1-2;;/h1-9H,10-12,17H2,(H,18,19);1-2H3;2*1H. The van der Waals surface area contributed by atoms with Crippen molar-refractivity contribution in [3.05, 3.63) is 60.2 Å². The van der Waals surface area contributed by atoms with E-state index in [0.29, 0.717) is 18.8 Å². The summed E-state index contributed by atoms with van der Waals surface area (Å²) in [4.78, 5) is 12.6. The summed E-state index contributed by atoms with van der Waals surface area (Å²) in [6.07, 6.45) is -0.480. The number of nitrogens with one attached hydrogen (secondary N) is 1. The number of benzene rings is 2. The van der Waals surface area contributed by atoms with Crippen LogP contribution in [0.1, 0.15) is 22.3 Å². The molecule has 23 heavy (non-hydrogen) atoms. The zero-order valence-corrected chi connectivity index (χ0v) is 14.4. The summed E-state index contributed by atoms with van der Waals surface area (Å²) in [7, 11) is 0.